The zero-order chi connectivity index (χ0) is 18.8. The minimum absolute atomic E-state index is 0.632. The Morgan fingerprint density at radius 1 is 0.926 bits per heavy atom. The summed E-state index contributed by atoms with van der Waals surface area (Å²) in [5, 5.41) is 6.42. The number of fused-ring (bicyclic) bond motifs is 1. The summed E-state index contributed by atoms with van der Waals surface area (Å²) in [6.07, 6.45) is 0. The number of benzene rings is 3. The van der Waals surface area contributed by atoms with E-state index in [-0.39, 0.29) is 0 Å². The van der Waals surface area contributed by atoms with Gasteiger partial charge < -0.3 is 9.47 Å². The maximum Gasteiger partial charge on any atom is 0.131 e. The predicted molar refractivity (Wildman–Crippen MR) is 109 cm³/mol. The number of methoxy groups -OCH3 is 2. The van der Waals surface area contributed by atoms with Crippen LogP contribution in [0.1, 0.15) is 5.56 Å². The third-order valence-electron chi connectivity index (χ3n) is 4.56. The van der Waals surface area contributed by atoms with Crippen LogP contribution in [0, 0.1) is 0 Å². The van der Waals surface area contributed by atoms with Gasteiger partial charge in [-0.15, -0.1) is 0 Å². The van der Waals surface area contributed by atoms with Crippen molar-refractivity contribution in [2.24, 2.45) is 0 Å². The van der Waals surface area contributed by atoms with Crippen LogP contribution in [0.5, 0.6) is 11.5 Å². The predicted octanol–water partition coefficient (Wildman–Crippen LogP) is 5.42. The number of nitrogens with zero attached hydrogens (tertiary/aromatic N) is 2. The van der Waals surface area contributed by atoms with E-state index in [0.717, 1.165) is 39.2 Å². The summed E-state index contributed by atoms with van der Waals surface area (Å²) in [6.45, 7) is 0.635. The first-order valence-corrected chi connectivity index (χ1v) is 9.00. The van der Waals surface area contributed by atoms with Crippen molar-refractivity contribution in [3.63, 3.8) is 0 Å². The molecule has 0 radical (unpaired) electrons. The van der Waals surface area contributed by atoms with Crippen LogP contribution in [0.2, 0.25) is 5.02 Å². The van der Waals surface area contributed by atoms with Crippen LogP contribution >= 0.6 is 11.6 Å². The molecule has 0 spiro atoms. The van der Waals surface area contributed by atoms with E-state index in [4.69, 9.17) is 26.2 Å². The normalized spacial score (nSPS) is 10.9. The summed E-state index contributed by atoms with van der Waals surface area (Å²) >= 11 is 6.43. The quantitative estimate of drug-likeness (QED) is 0.465. The molecule has 0 unspecified atom stereocenters. The molecule has 4 aromatic rings. The lowest BCUT2D eigenvalue weighted by Crippen LogP contribution is -2.04. The Morgan fingerprint density at radius 3 is 2.48 bits per heavy atom. The van der Waals surface area contributed by atoms with Crippen molar-refractivity contribution in [2.75, 3.05) is 14.2 Å². The van der Waals surface area contributed by atoms with Gasteiger partial charge in [0.25, 0.3) is 0 Å². The molecule has 0 N–H and O–H groups in total. The standard InChI is InChI=1S/C22H19ClN2O2/c1-26-16-11-12-17(20(13-16)27-2)22-18-9-6-10-19(23)21(18)24-25(22)14-15-7-4-3-5-8-15/h3-13H,14H2,1-2H3. The summed E-state index contributed by atoms with van der Waals surface area (Å²) in [6, 6.07) is 21.9. The van der Waals surface area contributed by atoms with Crippen molar-refractivity contribution in [3.8, 4) is 22.8 Å². The third-order valence-corrected chi connectivity index (χ3v) is 4.86. The average Bonchev–Trinajstić information content (AvgIpc) is 3.07. The molecule has 27 heavy (non-hydrogen) atoms. The Kier molecular flexibility index (Phi) is 4.73. The molecule has 0 aliphatic carbocycles. The molecule has 1 aromatic heterocycles. The lowest BCUT2D eigenvalue weighted by atomic mass is 10.1. The lowest BCUT2D eigenvalue weighted by Gasteiger charge is -2.13. The Morgan fingerprint density at radius 2 is 1.74 bits per heavy atom. The molecule has 1 heterocycles. The fourth-order valence-corrected chi connectivity index (χ4v) is 3.48. The minimum Gasteiger partial charge on any atom is -0.497 e. The molecule has 5 heteroatoms. The van der Waals surface area contributed by atoms with Crippen molar-refractivity contribution in [2.45, 2.75) is 6.54 Å². The maximum atomic E-state index is 6.43. The molecular weight excluding hydrogens is 360 g/mol. The highest BCUT2D eigenvalue weighted by Gasteiger charge is 2.19. The van der Waals surface area contributed by atoms with Crippen LogP contribution < -0.4 is 9.47 Å². The van der Waals surface area contributed by atoms with Gasteiger partial charge in [0.1, 0.15) is 17.0 Å². The van der Waals surface area contributed by atoms with Gasteiger partial charge in [-0.1, -0.05) is 54.1 Å². The van der Waals surface area contributed by atoms with E-state index < -0.39 is 0 Å². The van der Waals surface area contributed by atoms with Gasteiger partial charge in [0.15, 0.2) is 0 Å². The molecule has 0 saturated heterocycles. The number of halogens is 1. The van der Waals surface area contributed by atoms with Gasteiger partial charge in [-0.3, -0.25) is 4.68 Å². The van der Waals surface area contributed by atoms with E-state index in [9.17, 15) is 0 Å². The molecule has 4 nitrogen and oxygen atoms in total. The topological polar surface area (TPSA) is 36.3 Å². The summed E-state index contributed by atoms with van der Waals surface area (Å²) in [7, 11) is 3.30. The van der Waals surface area contributed by atoms with Crippen LogP contribution in [0.4, 0.5) is 0 Å². The second-order valence-electron chi connectivity index (χ2n) is 6.19. The van der Waals surface area contributed by atoms with E-state index in [0.29, 0.717) is 11.6 Å². The van der Waals surface area contributed by atoms with Gasteiger partial charge in [0.2, 0.25) is 0 Å². The van der Waals surface area contributed by atoms with Crippen LogP contribution in [-0.2, 0) is 6.54 Å². The largest absolute Gasteiger partial charge is 0.497 e. The molecule has 0 amide bonds. The first-order chi connectivity index (χ1) is 13.2. The summed E-state index contributed by atoms with van der Waals surface area (Å²) in [4.78, 5) is 0. The fourth-order valence-electron chi connectivity index (χ4n) is 3.27. The van der Waals surface area contributed by atoms with Crippen LogP contribution in [0.3, 0.4) is 0 Å². The molecule has 4 rings (SSSR count). The average molecular weight is 379 g/mol. The van der Waals surface area contributed by atoms with Crippen LogP contribution in [-0.4, -0.2) is 24.0 Å². The van der Waals surface area contributed by atoms with Crippen molar-refractivity contribution < 1.29 is 9.47 Å². The molecule has 0 saturated carbocycles. The third kappa shape index (κ3) is 3.24. The fraction of sp³-hybridized carbons (Fsp3) is 0.136. The smallest absolute Gasteiger partial charge is 0.131 e. The Balaban J connectivity index is 1.96. The maximum absolute atomic E-state index is 6.43. The highest BCUT2D eigenvalue weighted by molar-refractivity contribution is 6.35. The van der Waals surface area contributed by atoms with Crippen molar-refractivity contribution in [3.05, 3.63) is 77.3 Å². The SMILES string of the molecule is COc1ccc(-c2c3cccc(Cl)c3nn2Cc2ccccc2)c(OC)c1. The van der Waals surface area contributed by atoms with E-state index in [2.05, 4.69) is 12.1 Å². The van der Waals surface area contributed by atoms with Gasteiger partial charge in [-0.2, -0.15) is 5.10 Å². The van der Waals surface area contributed by atoms with Gasteiger partial charge >= 0.3 is 0 Å². The molecule has 136 valence electrons. The zero-order valence-corrected chi connectivity index (χ0v) is 15.9. The van der Waals surface area contributed by atoms with E-state index >= 15 is 0 Å². The van der Waals surface area contributed by atoms with E-state index in [1.54, 1.807) is 14.2 Å². The van der Waals surface area contributed by atoms with Crippen LogP contribution in [0.25, 0.3) is 22.2 Å². The van der Waals surface area contributed by atoms with Gasteiger partial charge in [0, 0.05) is 17.0 Å². The van der Waals surface area contributed by atoms with Gasteiger partial charge in [-0.25, -0.2) is 0 Å². The lowest BCUT2D eigenvalue weighted by molar-refractivity contribution is 0.395. The van der Waals surface area contributed by atoms with Crippen molar-refractivity contribution >= 4 is 22.5 Å². The molecule has 3 aromatic carbocycles. The Hall–Kier alpha value is -2.98. The number of hydrogen-bond acceptors (Lipinski definition) is 3. The van der Waals surface area contributed by atoms with Crippen LogP contribution in [0.15, 0.2) is 66.7 Å². The number of aromatic nitrogens is 2. The van der Waals surface area contributed by atoms with Crippen molar-refractivity contribution in [1.82, 2.24) is 9.78 Å². The first kappa shape index (κ1) is 17.4. The van der Waals surface area contributed by atoms with Crippen molar-refractivity contribution in [1.29, 1.82) is 0 Å². The minimum atomic E-state index is 0.632. The summed E-state index contributed by atoms with van der Waals surface area (Å²) < 4.78 is 13.0. The summed E-state index contributed by atoms with van der Waals surface area (Å²) in [5.74, 6) is 1.47. The zero-order valence-electron chi connectivity index (χ0n) is 15.1. The summed E-state index contributed by atoms with van der Waals surface area (Å²) in [5.41, 5.74) is 3.85. The monoisotopic (exact) mass is 378 g/mol. The highest BCUT2D eigenvalue weighted by atomic mass is 35.5. The molecule has 0 bridgehead atoms. The number of rotatable bonds is 5. The van der Waals surface area contributed by atoms with E-state index in [1.165, 1.54) is 0 Å². The second kappa shape index (κ2) is 7.33. The molecule has 0 fully saturated rings. The Bertz CT molecular complexity index is 1090. The van der Waals surface area contributed by atoms with Gasteiger partial charge in [-0.05, 0) is 23.8 Å². The number of ether oxygens (including phenoxy) is 2. The van der Waals surface area contributed by atoms with Gasteiger partial charge in [0.05, 0.1) is 31.5 Å². The first-order valence-electron chi connectivity index (χ1n) is 8.62. The number of hydrogen-bond donors (Lipinski definition) is 0. The van der Waals surface area contributed by atoms with E-state index in [1.807, 2.05) is 59.3 Å². The molecule has 0 atom stereocenters. The second-order valence-corrected chi connectivity index (χ2v) is 6.60. The highest BCUT2D eigenvalue weighted by Crippen LogP contribution is 2.39. The molecular formula is C22H19ClN2O2. The molecule has 0 aliphatic rings. The molecule has 0 aliphatic heterocycles. The Labute approximate surface area is 162 Å².